The maximum Gasteiger partial charge on any atom is 0.165 e. The van der Waals surface area contributed by atoms with Crippen LogP contribution >= 0.6 is 15.9 Å². The van der Waals surface area contributed by atoms with Crippen molar-refractivity contribution in [3.63, 3.8) is 0 Å². The maximum absolute atomic E-state index is 6.44. The zero-order valence-electron chi connectivity index (χ0n) is 17.3. The minimum atomic E-state index is 0.0430. The van der Waals surface area contributed by atoms with Gasteiger partial charge in [0.25, 0.3) is 0 Å². The Kier molecular flexibility index (Phi) is 5.52. The lowest BCUT2D eigenvalue weighted by atomic mass is 10.1. The predicted molar refractivity (Wildman–Crippen MR) is 125 cm³/mol. The zero-order chi connectivity index (χ0) is 21.4. The summed E-state index contributed by atoms with van der Waals surface area (Å²) in [6.07, 6.45) is 7.98. The Morgan fingerprint density at radius 1 is 1.19 bits per heavy atom. The second kappa shape index (κ2) is 8.45. The van der Waals surface area contributed by atoms with E-state index in [1.807, 2.05) is 30.6 Å². The van der Waals surface area contributed by atoms with Gasteiger partial charge in [-0.25, -0.2) is 4.98 Å². The van der Waals surface area contributed by atoms with Gasteiger partial charge in [-0.3, -0.25) is 0 Å². The molecule has 3 aromatic heterocycles. The average Bonchev–Trinajstić information content (AvgIpc) is 3.44. The molecule has 160 valence electrons. The van der Waals surface area contributed by atoms with Crippen LogP contribution in [0.15, 0.2) is 59.5 Å². The third-order valence-corrected chi connectivity index (χ3v) is 6.64. The number of aromatic nitrogens is 4. The summed E-state index contributed by atoms with van der Waals surface area (Å²) in [6, 6.07) is 12.8. The molecule has 0 bridgehead atoms. The molecule has 1 saturated heterocycles. The highest BCUT2D eigenvalue weighted by molar-refractivity contribution is 9.10. The van der Waals surface area contributed by atoms with Crippen molar-refractivity contribution in [1.82, 2.24) is 24.5 Å². The molecule has 31 heavy (non-hydrogen) atoms. The van der Waals surface area contributed by atoms with E-state index in [-0.39, 0.29) is 6.04 Å². The largest absolute Gasteiger partial charge is 0.383 e. The number of benzene rings is 1. The van der Waals surface area contributed by atoms with Crippen LogP contribution in [0.1, 0.15) is 31.5 Å². The van der Waals surface area contributed by atoms with Gasteiger partial charge < -0.3 is 20.4 Å². The van der Waals surface area contributed by atoms with Gasteiger partial charge in [-0.15, -0.1) is 0 Å². The summed E-state index contributed by atoms with van der Waals surface area (Å²) < 4.78 is 10.1. The number of para-hydroxylation sites is 1. The second-order valence-electron chi connectivity index (χ2n) is 7.91. The first kappa shape index (κ1) is 20.2. The molecule has 1 aliphatic rings. The van der Waals surface area contributed by atoms with Gasteiger partial charge in [0.15, 0.2) is 5.65 Å². The van der Waals surface area contributed by atoms with Crippen molar-refractivity contribution >= 4 is 27.4 Å². The summed E-state index contributed by atoms with van der Waals surface area (Å²) in [5, 5.41) is 8.19. The van der Waals surface area contributed by atoms with Crippen LogP contribution in [0.3, 0.4) is 0 Å². The van der Waals surface area contributed by atoms with Crippen LogP contribution in [-0.4, -0.2) is 38.4 Å². The highest BCUT2D eigenvalue weighted by Gasteiger charge is 2.23. The van der Waals surface area contributed by atoms with Gasteiger partial charge in [-0.2, -0.15) is 9.61 Å². The summed E-state index contributed by atoms with van der Waals surface area (Å²) in [4.78, 5) is 4.99. The number of anilines is 1. The van der Waals surface area contributed by atoms with Crippen molar-refractivity contribution in [2.45, 2.75) is 31.8 Å². The lowest BCUT2D eigenvalue weighted by Crippen LogP contribution is -2.37. The number of nitrogens with one attached hydrogen (secondary N) is 1. The van der Waals surface area contributed by atoms with E-state index < -0.39 is 0 Å². The van der Waals surface area contributed by atoms with Crippen molar-refractivity contribution in [1.29, 1.82) is 0 Å². The van der Waals surface area contributed by atoms with Gasteiger partial charge in [0, 0.05) is 54.5 Å². The molecule has 4 aromatic rings. The molecule has 3 N–H and O–H groups in total. The molecule has 0 amide bonds. The monoisotopic (exact) mass is 480 g/mol. The van der Waals surface area contributed by atoms with Crippen molar-refractivity contribution in [3.8, 4) is 16.8 Å². The SMILES string of the molecule is CC(NC1CCOCC1)c1nc2c(-c3ccn(-c4ccccc4)c3)cnn2c(N)c1Br. The first-order valence-electron chi connectivity index (χ1n) is 10.5. The number of nitrogens with zero attached hydrogens (tertiary/aromatic N) is 4. The van der Waals surface area contributed by atoms with Crippen molar-refractivity contribution < 1.29 is 4.74 Å². The Bertz CT molecular complexity index is 1200. The van der Waals surface area contributed by atoms with E-state index in [9.17, 15) is 0 Å². The number of hydrogen-bond donors (Lipinski definition) is 2. The minimum Gasteiger partial charge on any atom is -0.383 e. The number of nitrogens with two attached hydrogens (primary N) is 1. The van der Waals surface area contributed by atoms with Crippen LogP contribution < -0.4 is 11.1 Å². The van der Waals surface area contributed by atoms with Gasteiger partial charge in [0.1, 0.15) is 5.82 Å². The number of rotatable bonds is 5. The minimum absolute atomic E-state index is 0.0430. The Hall–Kier alpha value is -2.68. The van der Waals surface area contributed by atoms with E-state index >= 15 is 0 Å². The van der Waals surface area contributed by atoms with Crippen LogP contribution in [0.4, 0.5) is 5.82 Å². The molecule has 0 spiro atoms. The second-order valence-corrected chi connectivity index (χ2v) is 8.70. The Morgan fingerprint density at radius 2 is 1.97 bits per heavy atom. The van der Waals surface area contributed by atoms with E-state index in [1.54, 1.807) is 4.52 Å². The van der Waals surface area contributed by atoms with Crippen molar-refractivity contribution in [2.24, 2.45) is 0 Å². The van der Waals surface area contributed by atoms with Crippen LogP contribution in [-0.2, 0) is 4.74 Å². The van der Waals surface area contributed by atoms with E-state index in [0.717, 1.165) is 58.7 Å². The third kappa shape index (κ3) is 3.86. The van der Waals surface area contributed by atoms with Gasteiger partial charge in [-0.05, 0) is 53.9 Å². The molecule has 1 aliphatic heterocycles. The van der Waals surface area contributed by atoms with Crippen LogP contribution in [0.25, 0.3) is 22.5 Å². The lowest BCUT2D eigenvalue weighted by Gasteiger charge is -2.27. The number of halogens is 1. The normalized spacial score (nSPS) is 16.1. The fourth-order valence-corrected chi connectivity index (χ4v) is 4.72. The molecule has 8 heteroatoms. The molecule has 1 aromatic carbocycles. The summed E-state index contributed by atoms with van der Waals surface area (Å²) in [5.41, 5.74) is 11.2. The summed E-state index contributed by atoms with van der Waals surface area (Å²) in [7, 11) is 0. The molecule has 0 saturated carbocycles. The van der Waals surface area contributed by atoms with Gasteiger partial charge in [0.2, 0.25) is 0 Å². The number of fused-ring (bicyclic) bond motifs is 1. The molecule has 7 nitrogen and oxygen atoms in total. The maximum atomic E-state index is 6.44. The fourth-order valence-electron chi connectivity index (χ4n) is 4.12. The molecule has 0 radical (unpaired) electrons. The van der Waals surface area contributed by atoms with Gasteiger partial charge >= 0.3 is 0 Å². The smallest absolute Gasteiger partial charge is 0.165 e. The summed E-state index contributed by atoms with van der Waals surface area (Å²) >= 11 is 3.65. The zero-order valence-corrected chi connectivity index (χ0v) is 18.9. The highest BCUT2D eigenvalue weighted by Crippen LogP contribution is 2.33. The number of hydrogen-bond acceptors (Lipinski definition) is 5. The molecule has 5 rings (SSSR count). The first-order valence-corrected chi connectivity index (χ1v) is 11.3. The van der Waals surface area contributed by atoms with Crippen LogP contribution in [0.5, 0.6) is 0 Å². The Labute approximate surface area is 189 Å². The van der Waals surface area contributed by atoms with Crippen LogP contribution in [0.2, 0.25) is 0 Å². The van der Waals surface area contributed by atoms with E-state index in [2.05, 4.69) is 62.2 Å². The standard InChI is InChI=1S/C23H25BrN6O/c1-15(27-17-8-11-31-12-9-17)21-20(24)22(25)30-23(28-21)19(13-26-30)16-7-10-29(14-16)18-5-3-2-4-6-18/h2-7,10,13-15,17,27H,8-9,11-12,25H2,1H3. The third-order valence-electron chi connectivity index (χ3n) is 5.82. The Morgan fingerprint density at radius 3 is 2.74 bits per heavy atom. The Balaban J connectivity index is 1.51. The predicted octanol–water partition coefficient (Wildman–Crippen LogP) is 4.36. The summed E-state index contributed by atoms with van der Waals surface area (Å²) in [6.45, 7) is 3.72. The molecule has 4 heterocycles. The van der Waals surface area contributed by atoms with Gasteiger partial charge in [0.05, 0.1) is 16.4 Å². The fraction of sp³-hybridized carbons (Fsp3) is 0.304. The number of nitrogen functional groups attached to an aromatic ring is 1. The van der Waals surface area contributed by atoms with E-state index in [1.165, 1.54) is 0 Å². The average molecular weight is 481 g/mol. The molecule has 1 unspecified atom stereocenters. The molecular formula is C23H25BrN6O. The molecule has 1 atom stereocenters. The molecule has 1 fully saturated rings. The lowest BCUT2D eigenvalue weighted by molar-refractivity contribution is 0.0753. The van der Waals surface area contributed by atoms with Crippen molar-refractivity contribution in [2.75, 3.05) is 18.9 Å². The first-order chi connectivity index (χ1) is 15.1. The molecular weight excluding hydrogens is 456 g/mol. The van der Waals surface area contributed by atoms with Crippen LogP contribution in [0, 0.1) is 0 Å². The quantitative estimate of drug-likeness (QED) is 0.443. The van der Waals surface area contributed by atoms with Crippen molar-refractivity contribution in [3.05, 3.63) is 65.2 Å². The number of ether oxygens (including phenoxy) is 1. The van der Waals surface area contributed by atoms with E-state index in [0.29, 0.717) is 11.9 Å². The topological polar surface area (TPSA) is 82.4 Å². The van der Waals surface area contributed by atoms with E-state index in [4.69, 9.17) is 15.5 Å². The highest BCUT2D eigenvalue weighted by atomic mass is 79.9. The summed E-state index contributed by atoms with van der Waals surface area (Å²) in [5.74, 6) is 0.550. The van der Waals surface area contributed by atoms with Gasteiger partial charge in [-0.1, -0.05) is 18.2 Å². The molecule has 0 aliphatic carbocycles.